The summed E-state index contributed by atoms with van der Waals surface area (Å²) in [6.07, 6.45) is 0. The number of thiophene rings is 1. The van der Waals surface area contributed by atoms with Crippen LogP contribution in [-0.2, 0) is 10.0 Å². The molecule has 4 nitrogen and oxygen atoms in total. The Morgan fingerprint density at radius 1 is 1.56 bits per heavy atom. The Kier molecular flexibility index (Phi) is 4.18. The summed E-state index contributed by atoms with van der Waals surface area (Å²) in [5.74, 6) is 0. The van der Waals surface area contributed by atoms with Gasteiger partial charge in [-0.25, -0.2) is 13.1 Å². The summed E-state index contributed by atoms with van der Waals surface area (Å²) < 4.78 is 27.0. The van der Waals surface area contributed by atoms with Crippen molar-refractivity contribution in [1.82, 2.24) is 4.72 Å². The molecule has 1 aromatic rings. The minimum absolute atomic E-state index is 0.0100. The quantitative estimate of drug-likeness (QED) is 0.887. The Hall–Kier alpha value is 0.0500. The van der Waals surface area contributed by atoms with E-state index in [2.05, 4.69) is 20.7 Å². The Balaban J connectivity index is 2.87. The van der Waals surface area contributed by atoms with Crippen molar-refractivity contribution in [3.8, 4) is 0 Å². The highest BCUT2D eigenvalue weighted by Gasteiger charge is 2.21. The van der Waals surface area contributed by atoms with Crippen molar-refractivity contribution in [3.63, 3.8) is 0 Å². The molecule has 2 N–H and O–H groups in total. The van der Waals surface area contributed by atoms with Gasteiger partial charge in [-0.15, -0.1) is 11.3 Å². The lowest BCUT2D eigenvalue weighted by Crippen LogP contribution is -2.37. The number of rotatable bonds is 4. The topological polar surface area (TPSA) is 66.4 Å². The van der Waals surface area contributed by atoms with E-state index >= 15 is 0 Å². The van der Waals surface area contributed by atoms with Gasteiger partial charge in [0.25, 0.3) is 0 Å². The first kappa shape index (κ1) is 14.1. The van der Waals surface area contributed by atoms with Crippen molar-refractivity contribution in [2.75, 3.05) is 6.54 Å². The molecule has 0 saturated heterocycles. The molecule has 0 saturated carbocycles. The van der Waals surface area contributed by atoms with E-state index in [4.69, 9.17) is 0 Å². The summed E-state index contributed by atoms with van der Waals surface area (Å²) in [4.78, 5) is 0. The fourth-order valence-corrected chi connectivity index (χ4v) is 4.38. The van der Waals surface area contributed by atoms with Crippen molar-refractivity contribution in [1.29, 1.82) is 0 Å². The molecule has 0 spiro atoms. The first-order valence-corrected chi connectivity index (χ1v) is 7.69. The van der Waals surface area contributed by atoms with Crippen LogP contribution in [0, 0.1) is 6.92 Å². The Labute approximate surface area is 108 Å². The lowest BCUT2D eigenvalue weighted by molar-refractivity contribution is 0.0857. The van der Waals surface area contributed by atoms with E-state index in [0.717, 1.165) is 20.7 Å². The lowest BCUT2D eigenvalue weighted by atomic mass is 10.1. The third kappa shape index (κ3) is 3.81. The van der Waals surface area contributed by atoms with E-state index in [-0.39, 0.29) is 10.8 Å². The van der Waals surface area contributed by atoms with Crippen LogP contribution in [0.15, 0.2) is 14.1 Å². The molecule has 92 valence electrons. The summed E-state index contributed by atoms with van der Waals surface area (Å²) in [6, 6.07) is 1.60. The summed E-state index contributed by atoms with van der Waals surface area (Å²) in [7, 11) is -3.52. The molecule has 16 heavy (non-hydrogen) atoms. The molecule has 0 amide bonds. The number of hydrogen-bond donors (Lipinski definition) is 2. The molecule has 0 bridgehead atoms. The fraction of sp³-hybridized carbons (Fsp3) is 0.556. The number of aryl methyl sites for hydroxylation is 1. The first-order chi connectivity index (χ1) is 7.12. The molecule has 0 unspecified atom stereocenters. The number of aliphatic hydroxyl groups is 1. The first-order valence-electron chi connectivity index (χ1n) is 4.60. The lowest BCUT2D eigenvalue weighted by Gasteiger charge is -2.17. The second kappa shape index (κ2) is 4.73. The maximum atomic E-state index is 11.8. The smallest absolute Gasteiger partial charge is 0.250 e. The van der Waals surface area contributed by atoms with Crippen LogP contribution in [0.3, 0.4) is 0 Å². The third-order valence-electron chi connectivity index (χ3n) is 1.79. The second-order valence-corrected chi connectivity index (χ2v) is 8.52. The van der Waals surface area contributed by atoms with Crippen LogP contribution in [0.1, 0.15) is 19.4 Å². The van der Waals surface area contributed by atoms with Gasteiger partial charge in [-0.3, -0.25) is 0 Å². The highest BCUT2D eigenvalue weighted by molar-refractivity contribution is 9.11. The van der Waals surface area contributed by atoms with E-state index in [0.29, 0.717) is 0 Å². The van der Waals surface area contributed by atoms with Gasteiger partial charge in [0.05, 0.1) is 9.39 Å². The summed E-state index contributed by atoms with van der Waals surface area (Å²) in [5, 5.41) is 9.45. The van der Waals surface area contributed by atoms with Gasteiger partial charge in [-0.05, 0) is 48.3 Å². The molecule has 0 atom stereocenters. The van der Waals surface area contributed by atoms with Gasteiger partial charge in [0.15, 0.2) is 0 Å². The minimum atomic E-state index is -3.52. The average Bonchev–Trinajstić information content (AvgIpc) is 2.44. The third-order valence-corrected chi connectivity index (χ3v) is 5.81. The molecule has 1 aromatic heterocycles. The molecule has 0 radical (unpaired) electrons. The van der Waals surface area contributed by atoms with Gasteiger partial charge < -0.3 is 5.11 Å². The fourth-order valence-electron chi connectivity index (χ4n) is 0.907. The highest BCUT2D eigenvalue weighted by atomic mass is 79.9. The van der Waals surface area contributed by atoms with Crippen LogP contribution in [-0.4, -0.2) is 25.7 Å². The van der Waals surface area contributed by atoms with Crippen molar-refractivity contribution in [2.24, 2.45) is 0 Å². The number of hydrogen-bond acceptors (Lipinski definition) is 4. The molecule has 1 rings (SSSR count). The normalized spacial score (nSPS) is 13.1. The molecular weight excluding hydrogens is 314 g/mol. The van der Waals surface area contributed by atoms with Crippen molar-refractivity contribution in [3.05, 3.63) is 15.4 Å². The molecule has 0 fully saturated rings. The van der Waals surface area contributed by atoms with Gasteiger partial charge in [0.2, 0.25) is 10.0 Å². The van der Waals surface area contributed by atoms with Crippen LogP contribution in [0.25, 0.3) is 0 Å². The van der Waals surface area contributed by atoms with Gasteiger partial charge in [-0.1, -0.05) is 0 Å². The molecule has 7 heteroatoms. The van der Waals surface area contributed by atoms with E-state index < -0.39 is 15.6 Å². The van der Waals surface area contributed by atoms with Crippen LogP contribution in [0.4, 0.5) is 0 Å². The molecule has 0 aromatic carbocycles. The Morgan fingerprint density at radius 3 is 2.50 bits per heavy atom. The van der Waals surface area contributed by atoms with E-state index in [1.165, 1.54) is 0 Å². The maximum absolute atomic E-state index is 11.8. The van der Waals surface area contributed by atoms with Crippen LogP contribution in [0.2, 0.25) is 0 Å². The highest BCUT2D eigenvalue weighted by Crippen LogP contribution is 2.30. The van der Waals surface area contributed by atoms with Crippen LogP contribution in [0.5, 0.6) is 0 Å². The summed E-state index contributed by atoms with van der Waals surface area (Å²) >= 11 is 4.43. The largest absolute Gasteiger partial charge is 0.389 e. The van der Waals surface area contributed by atoms with Crippen LogP contribution >= 0.6 is 27.3 Å². The second-order valence-electron chi connectivity index (χ2n) is 4.16. The maximum Gasteiger partial charge on any atom is 0.250 e. The monoisotopic (exact) mass is 327 g/mol. The van der Waals surface area contributed by atoms with Gasteiger partial charge in [0.1, 0.15) is 4.21 Å². The predicted molar refractivity (Wildman–Crippen MR) is 68.2 cm³/mol. The van der Waals surface area contributed by atoms with E-state index in [9.17, 15) is 13.5 Å². The zero-order valence-corrected chi connectivity index (χ0v) is 12.5. The van der Waals surface area contributed by atoms with Crippen molar-refractivity contribution < 1.29 is 13.5 Å². The van der Waals surface area contributed by atoms with Gasteiger partial charge in [0, 0.05) is 6.54 Å². The van der Waals surface area contributed by atoms with E-state index in [1.54, 1.807) is 19.9 Å². The number of halogens is 1. The van der Waals surface area contributed by atoms with Gasteiger partial charge >= 0.3 is 0 Å². The summed E-state index contributed by atoms with van der Waals surface area (Å²) in [6.45, 7) is 4.91. The minimum Gasteiger partial charge on any atom is -0.389 e. The summed E-state index contributed by atoms with van der Waals surface area (Å²) in [5.41, 5.74) is -0.176. The van der Waals surface area contributed by atoms with E-state index in [1.807, 2.05) is 6.92 Å². The molecular formula is C9H14BrNO3S2. The predicted octanol–water partition coefficient (Wildman–Crippen LogP) is 1.87. The SMILES string of the molecule is Cc1cc(S(=O)(=O)NCC(C)(C)O)sc1Br. The van der Waals surface area contributed by atoms with Gasteiger partial charge in [-0.2, -0.15) is 0 Å². The van der Waals surface area contributed by atoms with Crippen molar-refractivity contribution >= 4 is 37.3 Å². The van der Waals surface area contributed by atoms with Crippen LogP contribution < -0.4 is 4.72 Å². The average molecular weight is 328 g/mol. The Morgan fingerprint density at radius 2 is 2.12 bits per heavy atom. The molecule has 1 heterocycles. The zero-order chi connectivity index (χ0) is 12.6. The molecule has 0 aliphatic heterocycles. The molecule has 0 aliphatic rings. The molecule has 0 aliphatic carbocycles. The zero-order valence-electron chi connectivity index (χ0n) is 9.24. The number of nitrogens with one attached hydrogen (secondary N) is 1. The van der Waals surface area contributed by atoms with Crippen molar-refractivity contribution in [2.45, 2.75) is 30.6 Å². The number of sulfonamides is 1. The Bertz CT molecular complexity index is 454. The standard InChI is InChI=1S/C9H14BrNO3S2/c1-6-4-7(15-8(6)10)16(13,14)11-5-9(2,3)12/h4,11-12H,5H2,1-3H3.